The summed E-state index contributed by atoms with van der Waals surface area (Å²) in [4.78, 5) is 4.54. The molecule has 1 atom stereocenters. The van der Waals surface area contributed by atoms with Gasteiger partial charge >= 0.3 is 0 Å². The number of hydrogen-bond donors (Lipinski definition) is 1. The van der Waals surface area contributed by atoms with Crippen molar-refractivity contribution in [1.29, 1.82) is 0 Å². The second kappa shape index (κ2) is 5.03. The molecule has 20 heavy (non-hydrogen) atoms. The van der Waals surface area contributed by atoms with Crippen LogP contribution in [0.15, 0.2) is 18.3 Å². The summed E-state index contributed by atoms with van der Waals surface area (Å²) in [6.07, 6.45) is 4.73. The van der Waals surface area contributed by atoms with Crippen molar-refractivity contribution in [2.75, 3.05) is 12.3 Å². The lowest BCUT2D eigenvalue weighted by atomic mass is 10.1. The number of anilines is 1. The predicted octanol–water partition coefficient (Wildman–Crippen LogP) is 1.79. The monoisotopic (exact) mass is 276 g/mol. The molecule has 1 aliphatic rings. The van der Waals surface area contributed by atoms with Crippen molar-refractivity contribution in [1.82, 2.24) is 14.6 Å². The highest BCUT2D eigenvalue weighted by Gasteiger charge is 2.31. The summed E-state index contributed by atoms with van der Waals surface area (Å²) in [6.45, 7) is 4.57. The Labute approximate surface area is 117 Å². The molecule has 3 rings (SSSR count). The quantitative estimate of drug-likeness (QED) is 0.921. The molecule has 0 aliphatic carbocycles. The van der Waals surface area contributed by atoms with Gasteiger partial charge in [0.2, 0.25) is 0 Å². The Morgan fingerprint density at radius 2 is 2.35 bits per heavy atom. The zero-order chi connectivity index (χ0) is 14.2. The highest BCUT2D eigenvalue weighted by molar-refractivity contribution is 5.46. The first-order valence-electron chi connectivity index (χ1n) is 6.94. The molecule has 1 fully saturated rings. The Kier molecular flexibility index (Phi) is 3.35. The highest BCUT2D eigenvalue weighted by Crippen LogP contribution is 2.25. The molecule has 0 aromatic carbocycles. The number of fused-ring (bicyclic) bond motifs is 1. The molecule has 1 unspecified atom stereocenters. The molecule has 2 aromatic rings. The van der Waals surface area contributed by atoms with E-state index in [9.17, 15) is 0 Å². The van der Waals surface area contributed by atoms with E-state index in [0.717, 1.165) is 30.6 Å². The number of nitrogens with two attached hydrogens (primary N) is 1. The molecule has 3 heterocycles. The van der Waals surface area contributed by atoms with E-state index in [4.69, 9.17) is 15.2 Å². The molecule has 108 valence electrons. The molecule has 0 bridgehead atoms. The minimum atomic E-state index is -0.441. The highest BCUT2D eigenvalue weighted by atomic mass is 16.7. The van der Waals surface area contributed by atoms with Crippen LogP contribution in [0.2, 0.25) is 0 Å². The second-order valence-corrected chi connectivity index (χ2v) is 5.62. The summed E-state index contributed by atoms with van der Waals surface area (Å²) in [5.74, 6) is 0.181. The molecule has 0 saturated carbocycles. The first-order valence-corrected chi connectivity index (χ1v) is 6.94. The summed E-state index contributed by atoms with van der Waals surface area (Å²) in [5, 5.41) is 4.11. The fraction of sp³-hybridized carbons (Fsp3) is 0.571. The van der Waals surface area contributed by atoms with Gasteiger partial charge in [-0.1, -0.05) is 0 Å². The molecule has 1 saturated heterocycles. The van der Waals surface area contributed by atoms with Crippen LogP contribution in [0.5, 0.6) is 0 Å². The first kappa shape index (κ1) is 13.3. The van der Waals surface area contributed by atoms with Gasteiger partial charge in [-0.2, -0.15) is 9.61 Å². The zero-order valence-electron chi connectivity index (χ0n) is 11.9. The van der Waals surface area contributed by atoms with Crippen molar-refractivity contribution >= 4 is 11.5 Å². The third-order valence-corrected chi connectivity index (χ3v) is 3.47. The van der Waals surface area contributed by atoms with Gasteiger partial charge in [-0.05, 0) is 33.1 Å². The largest absolute Gasteiger partial charge is 0.384 e. The molecule has 2 aromatic heterocycles. The van der Waals surface area contributed by atoms with E-state index in [-0.39, 0.29) is 6.10 Å². The van der Waals surface area contributed by atoms with Crippen molar-refractivity contribution in [2.45, 2.75) is 45.0 Å². The fourth-order valence-electron chi connectivity index (χ4n) is 2.54. The van der Waals surface area contributed by atoms with Crippen LogP contribution >= 0.6 is 0 Å². The summed E-state index contributed by atoms with van der Waals surface area (Å²) in [5.41, 5.74) is 7.73. The number of nitrogens with zero attached hydrogens (tertiary/aromatic N) is 3. The van der Waals surface area contributed by atoms with Crippen LogP contribution < -0.4 is 5.73 Å². The standard InChI is InChI=1S/C14H20N4O2/c1-14(2)19-9-11(20-14)5-3-4-10-8-12(15)18-13(17-10)6-7-16-18/h6-8,11H,3-5,9,15H2,1-2H3. The summed E-state index contributed by atoms with van der Waals surface area (Å²) < 4.78 is 13.0. The van der Waals surface area contributed by atoms with Gasteiger partial charge in [0.1, 0.15) is 5.82 Å². The van der Waals surface area contributed by atoms with Crippen LogP contribution in [0.25, 0.3) is 5.65 Å². The average molecular weight is 276 g/mol. The van der Waals surface area contributed by atoms with E-state index in [2.05, 4.69) is 10.1 Å². The van der Waals surface area contributed by atoms with Crippen LogP contribution in [0.1, 0.15) is 32.4 Å². The van der Waals surface area contributed by atoms with E-state index in [0.29, 0.717) is 12.4 Å². The molecular formula is C14H20N4O2. The lowest BCUT2D eigenvalue weighted by molar-refractivity contribution is -0.139. The maximum absolute atomic E-state index is 5.95. The molecule has 0 radical (unpaired) electrons. The minimum absolute atomic E-state index is 0.182. The van der Waals surface area contributed by atoms with Crippen LogP contribution in [0, 0.1) is 0 Å². The van der Waals surface area contributed by atoms with Crippen LogP contribution in [0.3, 0.4) is 0 Å². The van der Waals surface area contributed by atoms with Gasteiger partial charge < -0.3 is 15.2 Å². The molecule has 6 nitrogen and oxygen atoms in total. The summed E-state index contributed by atoms with van der Waals surface area (Å²) in [7, 11) is 0. The molecule has 0 amide bonds. The summed E-state index contributed by atoms with van der Waals surface area (Å²) in [6, 6.07) is 3.74. The SMILES string of the molecule is CC1(C)OCC(CCCc2cc(N)n3nccc3n2)O1. The lowest BCUT2D eigenvalue weighted by Gasteiger charge is -2.16. The maximum atomic E-state index is 5.95. The van der Waals surface area contributed by atoms with E-state index in [1.807, 2.05) is 26.0 Å². The van der Waals surface area contributed by atoms with Crippen LogP contribution in [-0.2, 0) is 15.9 Å². The van der Waals surface area contributed by atoms with E-state index < -0.39 is 5.79 Å². The normalized spacial score (nSPS) is 21.6. The Balaban J connectivity index is 1.57. The minimum Gasteiger partial charge on any atom is -0.384 e. The molecule has 2 N–H and O–H groups in total. The van der Waals surface area contributed by atoms with Crippen molar-refractivity contribution in [2.24, 2.45) is 0 Å². The predicted molar refractivity (Wildman–Crippen MR) is 75.2 cm³/mol. The van der Waals surface area contributed by atoms with Gasteiger partial charge in [-0.3, -0.25) is 0 Å². The lowest BCUT2D eigenvalue weighted by Crippen LogP contribution is -2.21. The number of ether oxygens (including phenoxy) is 2. The van der Waals surface area contributed by atoms with E-state index in [1.54, 1.807) is 10.7 Å². The van der Waals surface area contributed by atoms with Gasteiger partial charge in [0.15, 0.2) is 11.4 Å². The Bertz CT molecular complexity index is 608. The van der Waals surface area contributed by atoms with Gasteiger partial charge in [-0.15, -0.1) is 0 Å². The Morgan fingerprint density at radius 3 is 3.10 bits per heavy atom. The van der Waals surface area contributed by atoms with Crippen molar-refractivity contribution in [3.63, 3.8) is 0 Å². The molecule has 0 spiro atoms. The van der Waals surface area contributed by atoms with Gasteiger partial charge in [0, 0.05) is 17.8 Å². The molecule has 6 heteroatoms. The molecule has 1 aliphatic heterocycles. The topological polar surface area (TPSA) is 74.7 Å². The third-order valence-electron chi connectivity index (χ3n) is 3.47. The van der Waals surface area contributed by atoms with Crippen molar-refractivity contribution < 1.29 is 9.47 Å². The number of hydrogen-bond acceptors (Lipinski definition) is 5. The fourth-order valence-corrected chi connectivity index (χ4v) is 2.54. The van der Waals surface area contributed by atoms with E-state index >= 15 is 0 Å². The first-order chi connectivity index (χ1) is 9.53. The maximum Gasteiger partial charge on any atom is 0.163 e. The number of rotatable bonds is 4. The average Bonchev–Trinajstić information content (AvgIpc) is 2.96. The zero-order valence-corrected chi connectivity index (χ0v) is 11.9. The Hall–Kier alpha value is -1.66. The van der Waals surface area contributed by atoms with Crippen LogP contribution in [-0.4, -0.2) is 33.1 Å². The van der Waals surface area contributed by atoms with E-state index in [1.165, 1.54) is 0 Å². The van der Waals surface area contributed by atoms with Gasteiger partial charge in [0.05, 0.1) is 18.9 Å². The van der Waals surface area contributed by atoms with Gasteiger partial charge in [0.25, 0.3) is 0 Å². The molecular weight excluding hydrogens is 256 g/mol. The van der Waals surface area contributed by atoms with Crippen LogP contribution in [0.4, 0.5) is 5.82 Å². The number of nitrogen functional groups attached to an aromatic ring is 1. The summed E-state index contributed by atoms with van der Waals surface area (Å²) >= 11 is 0. The van der Waals surface area contributed by atoms with Crippen molar-refractivity contribution in [3.8, 4) is 0 Å². The number of aryl methyl sites for hydroxylation is 1. The third kappa shape index (κ3) is 2.76. The Morgan fingerprint density at radius 1 is 1.50 bits per heavy atom. The smallest absolute Gasteiger partial charge is 0.163 e. The van der Waals surface area contributed by atoms with Crippen molar-refractivity contribution in [3.05, 3.63) is 24.0 Å². The number of aromatic nitrogens is 3. The van der Waals surface area contributed by atoms with Gasteiger partial charge in [-0.25, -0.2) is 4.98 Å². The second-order valence-electron chi connectivity index (χ2n) is 5.62.